The van der Waals surface area contributed by atoms with Gasteiger partial charge in [0, 0.05) is 30.3 Å². The third-order valence-corrected chi connectivity index (χ3v) is 3.98. The lowest BCUT2D eigenvalue weighted by Crippen LogP contribution is -2.34. The smallest absolute Gasteiger partial charge is 0.323 e. The highest BCUT2D eigenvalue weighted by Crippen LogP contribution is 2.27. The number of ether oxygens (including phenoxy) is 1. The molecule has 134 valence electrons. The molecule has 1 unspecified atom stereocenters. The van der Waals surface area contributed by atoms with Crippen LogP contribution in [-0.4, -0.2) is 32.9 Å². The molecule has 8 heteroatoms. The molecule has 0 saturated heterocycles. The number of hydrogen-bond donors (Lipinski definition) is 1. The number of aromatic nitrogens is 2. The maximum atomic E-state index is 11.9. The Hall–Kier alpha value is -3.26. The Morgan fingerprint density at radius 1 is 1.31 bits per heavy atom. The van der Waals surface area contributed by atoms with Crippen LogP contribution in [0.2, 0.25) is 0 Å². The molecule has 0 aliphatic heterocycles. The van der Waals surface area contributed by atoms with Crippen LogP contribution in [0.5, 0.6) is 0 Å². The molecule has 2 N–H and O–H groups in total. The van der Waals surface area contributed by atoms with Gasteiger partial charge in [0.2, 0.25) is 0 Å². The van der Waals surface area contributed by atoms with Crippen LogP contribution in [0.15, 0.2) is 48.7 Å². The first-order chi connectivity index (χ1) is 12.5. The minimum atomic E-state index is -0.827. The number of nitro groups is 1. The van der Waals surface area contributed by atoms with E-state index in [-0.39, 0.29) is 18.7 Å². The molecule has 2 heterocycles. The van der Waals surface area contributed by atoms with E-state index in [1.165, 1.54) is 12.1 Å². The Kier molecular flexibility index (Phi) is 4.94. The van der Waals surface area contributed by atoms with Crippen molar-refractivity contribution in [3.63, 3.8) is 0 Å². The summed E-state index contributed by atoms with van der Waals surface area (Å²) in [5.74, 6) is -0.479. The summed E-state index contributed by atoms with van der Waals surface area (Å²) in [5, 5.41) is 10.9. The van der Waals surface area contributed by atoms with Gasteiger partial charge in [0.25, 0.3) is 5.69 Å². The molecule has 0 radical (unpaired) electrons. The number of fused-ring (bicyclic) bond motifs is 1. The number of rotatable bonds is 6. The molecular formula is C18H18N4O4. The zero-order valence-corrected chi connectivity index (χ0v) is 14.2. The van der Waals surface area contributed by atoms with Gasteiger partial charge >= 0.3 is 5.97 Å². The summed E-state index contributed by atoms with van der Waals surface area (Å²) in [6, 6.07) is 10.9. The third-order valence-electron chi connectivity index (χ3n) is 3.98. The lowest BCUT2D eigenvalue weighted by Gasteiger charge is -2.12. The van der Waals surface area contributed by atoms with Crippen LogP contribution >= 0.6 is 0 Å². The number of carbonyl (C=O) groups excluding carboxylic acids is 1. The summed E-state index contributed by atoms with van der Waals surface area (Å²) >= 11 is 0. The van der Waals surface area contributed by atoms with Gasteiger partial charge in [0.05, 0.1) is 22.9 Å². The molecule has 2 aromatic heterocycles. The Morgan fingerprint density at radius 2 is 2.04 bits per heavy atom. The third kappa shape index (κ3) is 3.40. The molecular weight excluding hydrogens is 336 g/mol. The van der Waals surface area contributed by atoms with Crippen LogP contribution in [0.3, 0.4) is 0 Å². The number of nitrogens with two attached hydrogens (primary N) is 1. The van der Waals surface area contributed by atoms with E-state index >= 15 is 0 Å². The number of nitro benzene ring substituents is 1. The van der Waals surface area contributed by atoms with Crippen LogP contribution < -0.4 is 5.73 Å². The average Bonchev–Trinajstić information content (AvgIpc) is 3.00. The van der Waals surface area contributed by atoms with E-state index in [9.17, 15) is 14.9 Å². The van der Waals surface area contributed by atoms with Crippen LogP contribution in [0.25, 0.3) is 16.9 Å². The van der Waals surface area contributed by atoms with Crippen molar-refractivity contribution in [2.45, 2.75) is 19.4 Å². The summed E-state index contributed by atoms with van der Waals surface area (Å²) < 4.78 is 6.84. The predicted molar refractivity (Wildman–Crippen MR) is 95.6 cm³/mol. The monoisotopic (exact) mass is 354 g/mol. The number of imidazole rings is 1. The minimum Gasteiger partial charge on any atom is -0.465 e. The number of pyridine rings is 1. The van der Waals surface area contributed by atoms with Gasteiger partial charge in [-0.05, 0) is 31.2 Å². The molecule has 0 spiro atoms. The summed E-state index contributed by atoms with van der Waals surface area (Å²) in [6.45, 7) is 1.98. The van der Waals surface area contributed by atoms with E-state index in [1.807, 2.05) is 28.8 Å². The van der Waals surface area contributed by atoms with E-state index in [0.29, 0.717) is 16.9 Å². The SMILES string of the molecule is CCOC(=O)C(N)Cc1c(-c2ccc([N+](=O)[O-])cc2)nc2ccccn12. The topological polar surface area (TPSA) is 113 Å². The zero-order valence-electron chi connectivity index (χ0n) is 14.2. The summed E-state index contributed by atoms with van der Waals surface area (Å²) in [5.41, 5.74) is 8.78. The van der Waals surface area contributed by atoms with Gasteiger partial charge in [-0.2, -0.15) is 0 Å². The number of benzene rings is 1. The van der Waals surface area contributed by atoms with Gasteiger partial charge in [0.15, 0.2) is 0 Å². The second-order valence-electron chi connectivity index (χ2n) is 5.70. The highest BCUT2D eigenvalue weighted by molar-refractivity contribution is 5.77. The zero-order chi connectivity index (χ0) is 18.7. The van der Waals surface area contributed by atoms with Crippen LogP contribution in [0.1, 0.15) is 12.6 Å². The predicted octanol–water partition coefficient (Wildman–Crippen LogP) is 2.34. The lowest BCUT2D eigenvalue weighted by atomic mass is 10.1. The van der Waals surface area contributed by atoms with Crippen molar-refractivity contribution in [2.75, 3.05) is 6.61 Å². The van der Waals surface area contributed by atoms with Crippen molar-refractivity contribution in [3.8, 4) is 11.3 Å². The number of esters is 1. The largest absolute Gasteiger partial charge is 0.465 e. The molecule has 3 aromatic rings. The Balaban J connectivity index is 2.04. The number of hydrogen-bond acceptors (Lipinski definition) is 6. The molecule has 0 fully saturated rings. The van der Waals surface area contributed by atoms with Gasteiger partial charge in [-0.25, -0.2) is 4.98 Å². The van der Waals surface area contributed by atoms with E-state index in [1.54, 1.807) is 19.1 Å². The van der Waals surface area contributed by atoms with E-state index in [4.69, 9.17) is 10.5 Å². The number of carbonyl (C=O) groups is 1. The Labute approximate surface area is 149 Å². The van der Waals surface area contributed by atoms with Crippen LogP contribution in [-0.2, 0) is 16.0 Å². The first kappa shape index (κ1) is 17.6. The quantitative estimate of drug-likeness (QED) is 0.413. The van der Waals surface area contributed by atoms with Crippen molar-refractivity contribution in [1.82, 2.24) is 9.38 Å². The summed E-state index contributed by atoms with van der Waals surface area (Å²) in [6.07, 6.45) is 2.07. The molecule has 0 bridgehead atoms. The highest BCUT2D eigenvalue weighted by Gasteiger charge is 2.22. The molecule has 8 nitrogen and oxygen atoms in total. The van der Waals surface area contributed by atoms with Crippen molar-refractivity contribution >= 4 is 17.3 Å². The van der Waals surface area contributed by atoms with E-state index in [2.05, 4.69) is 4.98 Å². The molecule has 26 heavy (non-hydrogen) atoms. The van der Waals surface area contributed by atoms with Crippen molar-refractivity contribution in [2.24, 2.45) is 5.73 Å². The average molecular weight is 354 g/mol. The van der Waals surface area contributed by atoms with Crippen molar-refractivity contribution < 1.29 is 14.5 Å². The van der Waals surface area contributed by atoms with Gasteiger partial charge in [-0.15, -0.1) is 0 Å². The molecule has 1 atom stereocenters. The Morgan fingerprint density at radius 3 is 2.69 bits per heavy atom. The van der Waals surface area contributed by atoms with Crippen molar-refractivity contribution in [1.29, 1.82) is 0 Å². The molecule has 3 rings (SSSR count). The lowest BCUT2D eigenvalue weighted by molar-refractivity contribution is -0.384. The minimum absolute atomic E-state index is 0.00212. The molecule has 0 saturated carbocycles. The number of nitrogens with zero attached hydrogens (tertiary/aromatic N) is 3. The molecule has 0 amide bonds. The normalized spacial score (nSPS) is 12.1. The van der Waals surface area contributed by atoms with Crippen LogP contribution in [0, 0.1) is 10.1 Å². The maximum absolute atomic E-state index is 11.9. The van der Waals surface area contributed by atoms with Crippen LogP contribution in [0.4, 0.5) is 5.69 Å². The first-order valence-corrected chi connectivity index (χ1v) is 8.14. The first-order valence-electron chi connectivity index (χ1n) is 8.14. The molecule has 1 aromatic carbocycles. The second-order valence-corrected chi connectivity index (χ2v) is 5.70. The van der Waals surface area contributed by atoms with Gasteiger partial charge < -0.3 is 14.9 Å². The van der Waals surface area contributed by atoms with E-state index in [0.717, 1.165) is 5.69 Å². The summed E-state index contributed by atoms with van der Waals surface area (Å²) in [7, 11) is 0. The fourth-order valence-electron chi connectivity index (χ4n) is 2.75. The van der Waals surface area contributed by atoms with Crippen molar-refractivity contribution in [3.05, 3.63) is 64.5 Å². The maximum Gasteiger partial charge on any atom is 0.323 e. The van der Waals surface area contributed by atoms with Gasteiger partial charge in [0.1, 0.15) is 11.7 Å². The standard InChI is InChI=1S/C18H18N4O4/c1-2-26-18(23)14(19)11-15-17(20-16-5-3-4-10-21(15)16)12-6-8-13(9-7-12)22(24)25/h3-10,14H,2,11,19H2,1H3. The van der Waals surface area contributed by atoms with Gasteiger partial charge in [-0.1, -0.05) is 6.07 Å². The van der Waals surface area contributed by atoms with Gasteiger partial charge in [-0.3, -0.25) is 14.9 Å². The fourth-order valence-corrected chi connectivity index (χ4v) is 2.75. The summed E-state index contributed by atoms with van der Waals surface area (Å²) in [4.78, 5) is 26.9. The molecule has 0 aliphatic rings. The molecule has 0 aliphatic carbocycles. The van der Waals surface area contributed by atoms with E-state index < -0.39 is 16.9 Å². The highest BCUT2D eigenvalue weighted by atomic mass is 16.6. The number of non-ortho nitro benzene ring substituents is 1. The Bertz CT molecular complexity index is 949. The fraction of sp³-hybridized carbons (Fsp3) is 0.222. The second kappa shape index (κ2) is 7.32.